The standard InChI is InChI=1S/C14H16Br2ClN3/c1-8-14(17)13(20(3)19-8)7-12(18-2)10-6-9(15)4-5-11(10)16/h4-6,12,18H,7H2,1-3H3. The molecule has 0 saturated heterocycles. The zero-order valence-corrected chi connectivity index (χ0v) is 15.5. The third-order valence-electron chi connectivity index (χ3n) is 3.34. The van der Waals surface area contributed by atoms with Crippen molar-refractivity contribution in [1.29, 1.82) is 0 Å². The van der Waals surface area contributed by atoms with Crippen molar-refractivity contribution >= 4 is 43.5 Å². The van der Waals surface area contributed by atoms with Gasteiger partial charge in [-0.15, -0.1) is 0 Å². The normalized spacial score (nSPS) is 12.7. The Hall–Kier alpha value is -0.360. The van der Waals surface area contributed by atoms with Crippen molar-refractivity contribution in [3.05, 3.63) is 49.1 Å². The molecular weight excluding hydrogens is 405 g/mol. The van der Waals surface area contributed by atoms with Crippen molar-refractivity contribution in [2.75, 3.05) is 7.05 Å². The number of aromatic nitrogens is 2. The van der Waals surface area contributed by atoms with Crippen molar-refractivity contribution in [3.8, 4) is 0 Å². The summed E-state index contributed by atoms with van der Waals surface area (Å²) >= 11 is 13.5. The maximum absolute atomic E-state index is 6.34. The number of halogens is 3. The predicted octanol–water partition coefficient (Wildman–Crippen LogP) is 4.41. The van der Waals surface area contributed by atoms with Crippen LogP contribution in [0.1, 0.15) is 23.0 Å². The third kappa shape index (κ3) is 3.27. The summed E-state index contributed by atoms with van der Waals surface area (Å²) in [5.41, 5.74) is 3.10. The number of nitrogens with zero attached hydrogens (tertiary/aromatic N) is 2. The smallest absolute Gasteiger partial charge is 0.0847 e. The lowest BCUT2D eigenvalue weighted by molar-refractivity contribution is 0.559. The van der Waals surface area contributed by atoms with E-state index in [4.69, 9.17) is 11.6 Å². The molecule has 0 aliphatic carbocycles. The summed E-state index contributed by atoms with van der Waals surface area (Å²) < 4.78 is 3.99. The summed E-state index contributed by atoms with van der Waals surface area (Å²) in [4.78, 5) is 0. The molecule has 1 atom stereocenters. The molecule has 1 aromatic carbocycles. The van der Waals surface area contributed by atoms with Gasteiger partial charge in [-0.25, -0.2) is 0 Å². The summed E-state index contributed by atoms with van der Waals surface area (Å²) in [5, 5.41) is 8.46. The summed E-state index contributed by atoms with van der Waals surface area (Å²) in [7, 11) is 3.88. The largest absolute Gasteiger partial charge is 0.313 e. The Bertz CT molecular complexity index is 625. The Balaban J connectivity index is 2.36. The Kier molecular flexibility index (Phi) is 5.29. The fraction of sp³-hybridized carbons (Fsp3) is 0.357. The molecule has 1 unspecified atom stereocenters. The number of hydrogen-bond donors (Lipinski definition) is 1. The van der Waals surface area contributed by atoms with Gasteiger partial charge in [0.05, 0.1) is 16.4 Å². The first kappa shape index (κ1) is 16.0. The first-order valence-corrected chi connectivity index (χ1v) is 8.20. The molecule has 0 radical (unpaired) electrons. The SMILES string of the molecule is CNC(Cc1c(Cl)c(C)nn1C)c1cc(Br)ccc1Br. The van der Waals surface area contributed by atoms with Gasteiger partial charge in [-0.2, -0.15) is 5.10 Å². The lowest BCUT2D eigenvalue weighted by Crippen LogP contribution is -2.20. The Morgan fingerprint density at radius 1 is 1.40 bits per heavy atom. The molecule has 2 rings (SSSR count). The Labute approximate surface area is 141 Å². The number of nitrogens with one attached hydrogen (secondary N) is 1. The lowest BCUT2D eigenvalue weighted by atomic mass is 10.0. The van der Waals surface area contributed by atoms with E-state index in [2.05, 4.69) is 48.3 Å². The molecule has 6 heteroatoms. The van der Waals surface area contributed by atoms with E-state index >= 15 is 0 Å². The van der Waals surface area contributed by atoms with Crippen LogP contribution in [0, 0.1) is 6.92 Å². The van der Waals surface area contributed by atoms with E-state index in [1.807, 2.05) is 37.8 Å². The van der Waals surface area contributed by atoms with Gasteiger partial charge >= 0.3 is 0 Å². The molecule has 3 nitrogen and oxygen atoms in total. The van der Waals surface area contributed by atoms with Crippen LogP contribution < -0.4 is 5.32 Å². The van der Waals surface area contributed by atoms with Crippen molar-refractivity contribution in [3.63, 3.8) is 0 Å². The Morgan fingerprint density at radius 2 is 2.10 bits per heavy atom. The van der Waals surface area contributed by atoms with E-state index in [1.165, 1.54) is 5.56 Å². The van der Waals surface area contributed by atoms with E-state index in [0.29, 0.717) is 0 Å². The first-order chi connectivity index (χ1) is 9.43. The molecule has 0 saturated carbocycles. The number of hydrogen-bond acceptors (Lipinski definition) is 2. The second kappa shape index (κ2) is 6.60. The highest BCUT2D eigenvalue weighted by Crippen LogP contribution is 2.31. The van der Waals surface area contributed by atoms with Gasteiger partial charge < -0.3 is 5.32 Å². The summed E-state index contributed by atoms with van der Waals surface area (Å²) in [6.07, 6.45) is 0.779. The number of likely N-dealkylation sites (N-methyl/N-ethyl adjacent to an activating group) is 1. The van der Waals surface area contributed by atoms with E-state index in [1.54, 1.807) is 0 Å². The van der Waals surface area contributed by atoms with Crippen LogP contribution in [0.4, 0.5) is 0 Å². The van der Waals surface area contributed by atoms with Crippen molar-refractivity contribution in [2.45, 2.75) is 19.4 Å². The topological polar surface area (TPSA) is 29.9 Å². The van der Waals surface area contributed by atoms with Crippen LogP contribution >= 0.6 is 43.5 Å². The van der Waals surface area contributed by atoms with Crippen LogP contribution in [-0.4, -0.2) is 16.8 Å². The van der Waals surface area contributed by atoms with Gasteiger partial charge in [0.1, 0.15) is 0 Å². The molecule has 2 aromatic rings. The molecular formula is C14H16Br2ClN3. The molecule has 108 valence electrons. The van der Waals surface area contributed by atoms with E-state index < -0.39 is 0 Å². The van der Waals surface area contributed by atoms with Crippen molar-refractivity contribution in [1.82, 2.24) is 15.1 Å². The van der Waals surface area contributed by atoms with E-state index in [0.717, 1.165) is 31.8 Å². The maximum Gasteiger partial charge on any atom is 0.0847 e. The first-order valence-electron chi connectivity index (χ1n) is 6.24. The minimum Gasteiger partial charge on any atom is -0.313 e. The number of rotatable bonds is 4. The summed E-state index contributed by atoms with van der Waals surface area (Å²) in [5.74, 6) is 0. The second-order valence-electron chi connectivity index (χ2n) is 4.68. The van der Waals surface area contributed by atoms with Crippen LogP contribution in [-0.2, 0) is 13.5 Å². The van der Waals surface area contributed by atoms with Crippen LogP contribution in [0.2, 0.25) is 5.02 Å². The predicted molar refractivity (Wildman–Crippen MR) is 90.3 cm³/mol. The lowest BCUT2D eigenvalue weighted by Gasteiger charge is -2.19. The fourth-order valence-electron chi connectivity index (χ4n) is 2.24. The minimum atomic E-state index is 0.161. The summed E-state index contributed by atoms with van der Waals surface area (Å²) in [6, 6.07) is 6.33. The average molecular weight is 422 g/mol. The highest BCUT2D eigenvalue weighted by atomic mass is 79.9. The van der Waals surface area contributed by atoms with E-state index in [9.17, 15) is 0 Å². The molecule has 1 aromatic heterocycles. The number of aryl methyl sites for hydroxylation is 2. The van der Waals surface area contributed by atoms with E-state index in [-0.39, 0.29) is 6.04 Å². The molecule has 0 bridgehead atoms. The molecule has 20 heavy (non-hydrogen) atoms. The van der Waals surface area contributed by atoms with Crippen molar-refractivity contribution in [2.24, 2.45) is 7.05 Å². The minimum absolute atomic E-state index is 0.161. The molecule has 0 spiro atoms. The van der Waals surface area contributed by atoms with Crippen LogP contribution in [0.25, 0.3) is 0 Å². The molecule has 0 amide bonds. The third-order valence-corrected chi connectivity index (χ3v) is 5.05. The zero-order chi connectivity index (χ0) is 14.9. The summed E-state index contributed by atoms with van der Waals surface area (Å²) in [6.45, 7) is 1.93. The highest BCUT2D eigenvalue weighted by Gasteiger charge is 2.19. The maximum atomic E-state index is 6.34. The van der Waals surface area contributed by atoms with Gasteiger partial charge in [-0.3, -0.25) is 4.68 Å². The van der Waals surface area contributed by atoms with Crippen LogP contribution in [0.3, 0.4) is 0 Å². The van der Waals surface area contributed by atoms with Crippen LogP contribution in [0.5, 0.6) is 0 Å². The Morgan fingerprint density at radius 3 is 2.65 bits per heavy atom. The van der Waals surface area contributed by atoms with Gasteiger partial charge in [-0.05, 0) is 37.7 Å². The van der Waals surface area contributed by atoms with Gasteiger partial charge in [0.2, 0.25) is 0 Å². The quantitative estimate of drug-likeness (QED) is 0.793. The highest BCUT2D eigenvalue weighted by molar-refractivity contribution is 9.11. The van der Waals surface area contributed by atoms with Gasteiger partial charge in [0.25, 0.3) is 0 Å². The van der Waals surface area contributed by atoms with Crippen LogP contribution in [0.15, 0.2) is 27.1 Å². The molecule has 0 aliphatic heterocycles. The fourth-order valence-corrected chi connectivity index (χ4v) is 3.38. The molecule has 1 N–H and O–H groups in total. The molecule has 0 aliphatic rings. The molecule has 1 heterocycles. The van der Waals surface area contributed by atoms with Crippen molar-refractivity contribution < 1.29 is 0 Å². The average Bonchev–Trinajstić information content (AvgIpc) is 2.65. The molecule has 0 fully saturated rings. The zero-order valence-electron chi connectivity index (χ0n) is 11.5. The van der Waals surface area contributed by atoms with Gasteiger partial charge in [0, 0.05) is 28.5 Å². The number of benzene rings is 1. The monoisotopic (exact) mass is 419 g/mol. The second-order valence-corrected chi connectivity index (χ2v) is 6.83. The van der Waals surface area contributed by atoms with Gasteiger partial charge in [0.15, 0.2) is 0 Å². The van der Waals surface area contributed by atoms with Gasteiger partial charge in [-0.1, -0.05) is 43.5 Å².